The number of likely N-dealkylation sites (tertiary alicyclic amines) is 1. The van der Waals surface area contributed by atoms with Gasteiger partial charge in [0.1, 0.15) is 28.6 Å². The Kier molecular flexibility index (Phi) is 14.1. The molecule has 2 amide bonds. The van der Waals surface area contributed by atoms with Crippen LogP contribution in [0.5, 0.6) is 17.2 Å². The fourth-order valence-corrected chi connectivity index (χ4v) is 11.4. The monoisotopic (exact) mass is 941 g/mol. The number of allylic oxidation sites excluding steroid dienone is 3. The van der Waals surface area contributed by atoms with Gasteiger partial charge in [0.15, 0.2) is 11.4 Å². The molecule has 370 valence electrons. The molecule has 0 radical (unpaired) electrons. The molecule has 16 heteroatoms. The third-order valence-corrected chi connectivity index (χ3v) is 15.4. The molecule has 7 heterocycles. The first-order chi connectivity index (χ1) is 32.3. The number of methoxy groups -OCH3 is 1. The molecule has 7 aliphatic rings. The zero-order valence-corrected chi connectivity index (χ0v) is 41.5. The van der Waals surface area contributed by atoms with Crippen molar-refractivity contribution >= 4 is 34.2 Å². The SMILES string of the molecule is CO[C@H]1/C=C/OC2(C)Oc3c(C)c(O)c4c(O)c(c5c(c4c3C2=O)=NC2(CCN(CC(C)C)CC2)N=5)NC(=O)/C(C)=C\C=C\C(C)C[C@@H](C)[C@@H](O)[C@@H](C)C(OC(=O)N2CCN3CCCC3C2)[C@@H]1C. The van der Waals surface area contributed by atoms with Gasteiger partial charge in [0, 0.05) is 101 Å². The maximum atomic E-state index is 14.9. The number of aliphatic hydroxyl groups is 1. The number of hydrogen-bond acceptors (Lipinski definition) is 14. The van der Waals surface area contributed by atoms with Crippen LogP contribution < -0.4 is 20.8 Å². The number of amides is 2. The Morgan fingerprint density at radius 1 is 0.971 bits per heavy atom. The summed E-state index contributed by atoms with van der Waals surface area (Å²) in [5, 5.41) is 39.6. The van der Waals surface area contributed by atoms with E-state index in [1.165, 1.54) is 13.2 Å². The number of carbonyl (C=O) groups is 3. The van der Waals surface area contributed by atoms with Crippen LogP contribution in [0.3, 0.4) is 0 Å². The Morgan fingerprint density at radius 2 is 1.69 bits per heavy atom. The average molecular weight is 941 g/mol. The molecule has 3 fully saturated rings. The number of Topliss-reactive ketones (excluding diaryl/α,β-unsaturated/α-hetero) is 1. The van der Waals surface area contributed by atoms with E-state index in [1.54, 1.807) is 44.1 Å². The van der Waals surface area contributed by atoms with Gasteiger partial charge in [-0.25, -0.2) is 4.79 Å². The number of anilines is 1. The highest BCUT2D eigenvalue weighted by molar-refractivity contribution is 6.19. The van der Waals surface area contributed by atoms with Crippen LogP contribution in [0.4, 0.5) is 10.5 Å². The number of piperazine rings is 1. The number of aromatic hydroxyl groups is 2. The summed E-state index contributed by atoms with van der Waals surface area (Å²) in [5.41, 5.74) is -0.368. The number of ether oxygens (including phenoxy) is 4. The predicted octanol–water partition coefficient (Wildman–Crippen LogP) is 6.13. The van der Waals surface area contributed by atoms with Gasteiger partial charge in [-0.2, -0.15) is 0 Å². The minimum absolute atomic E-state index is 0.00665. The molecule has 1 spiro atoms. The van der Waals surface area contributed by atoms with Crippen molar-refractivity contribution in [2.75, 3.05) is 58.2 Å². The quantitative estimate of drug-likeness (QED) is 0.257. The van der Waals surface area contributed by atoms with Gasteiger partial charge in [0.2, 0.25) is 0 Å². The van der Waals surface area contributed by atoms with Crippen LogP contribution in [0.25, 0.3) is 10.8 Å². The Labute approximate surface area is 399 Å². The van der Waals surface area contributed by atoms with Crippen LogP contribution in [-0.2, 0) is 19.0 Å². The predicted molar refractivity (Wildman–Crippen MR) is 257 cm³/mol. The molecular formula is C52H72N6O10. The fraction of sp³-hybridized carbons (Fsp3) is 0.635. The van der Waals surface area contributed by atoms with Crippen molar-refractivity contribution < 1.29 is 48.7 Å². The molecule has 0 aromatic heterocycles. The lowest BCUT2D eigenvalue weighted by Gasteiger charge is -2.40. The number of nitrogens with zero attached hydrogens (tertiary/aromatic N) is 5. The molecule has 3 saturated heterocycles. The second kappa shape index (κ2) is 19.4. The number of piperidine rings is 1. The summed E-state index contributed by atoms with van der Waals surface area (Å²) >= 11 is 0. The molecular weight excluding hydrogens is 869 g/mol. The van der Waals surface area contributed by atoms with Crippen molar-refractivity contribution in [1.29, 1.82) is 0 Å². The lowest BCUT2D eigenvalue weighted by Crippen LogP contribution is -2.54. The minimum atomic E-state index is -1.94. The second-order valence-corrected chi connectivity index (χ2v) is 21.0. The zero-order valence-electron chi connectivity index (χ0n) is 41.5. The van der Waals surface area contributed by atoms with Crippen molar-refractivity contribution in [3.8, 4) is 17.2 Å². The average Bonchev–Trinajstić information content (AvgIpc) is 4.00. The maximum absolute atomic E-state index is 14.9. The van der Waals surface area contributed by atoms with Gasteiger partial charge in [-0.3, -0.25) is 24.5 Å². The first-order valence-electron chi connectivity index (χ1n) is 24.7. The van der Waals surface area contributed by atoms with Gasteiger partial charge >= 0.3 is 11.9 Å². The summed E-state index contributed by atoms with van der Waals surface area (Å²) in [5.74, 6) is -4.53. The molecule has 0 aliphatic carbocycles. The molecule has 4 N–H and O–H groups in total. The number of fused-ring (bicyclic) bond motifs is 14. The summed E-state index contributed by atoms with van der Waals surface area (Å²) in [6.07, 6.45) is 9.50. The third-order valence-electron chi connectivity index (χ3n) is 15.4. The smallest absolute Gasteiger partial charge is 0.410 e. The van der Waals surface area contributed by atoms with Crippen molar-refractivity contribution in [2.45, 2.75) is 130 Å². The third kappa shape index (κ3) is 9.25. The first-order valence-corrected chi connectivity index (χ1v) is 24.7. The summed E-state index contributed by atoms with van der Waals surface area (Å²) < 4.78 is 25.1. The largest absolute Gasteiger partial charge is 0.507 e. The molecule has 5 bridgehead atoms. The number of ketones is 1. The number of hydrogen-bond donors (Lipinski definition) is 4. The first kappa shape index (κ1) is 49.4. The molecule has 4 unspecified atom stereocenters. The molecule has 0 saturated carbocycles. The summed E-state index contributed by atoms with van der Waals surface area (Å²) in [7, 11) is 1.54. The van der Waals surface area contributed by atoms with Crippen LogP contribution in [0, 0.1) is 36.5 Å². The van der Waals surface area contributed by atoms with E-state index in [2.05, 4.69) is 29.0 Å². The lowest BCUT2D eigenvalue weighted by atomic mass is 9.79. The number of aliphatic hydroxyl groups excluding tert-OH is 1. The fourth-order valence-electron chi connectivity index (χ4n) is 11.4. The van der Waals surface area contributed by atoms with Gasteiger partial charge in [0.25, 0.3) is 11.7 Å². The minimum Gasteiger partial charge on any atom is -0.507 e. The van der Waals surface area contributed by atoms with Crippen molar-refractivity contribution in [2.24, 2.45) is 39.6 Å². The van der Waals surface area contributed by atoms with Gasteiger partial charge in [-0.05, 0) is 63.5 Å². The van der Waals surface area contributed by atoms with Gasteiger partial charge in [-0.15, -0.1) is 0 Å². The van der Waals surface area contributed by atoms with E-state index in [1.807, 2.05) is 33.8 Å². The number of rotatable bonds is 4. The molecule has 9 atom stereocenters. The lowest BCUT2D eigenvalue weighted by molar-refractivity contribution is -0.112. The summed E-state index contributed by atoms with van der Waals surface area (Å²) in [4.78, 5) is 60.0. The standard InChI is InChI=1S/C52H72N6O10/c1-28(2)26-56-20-17-52(18-21-56)54-40-37-38-44(60)34(8)47-39(37)48(62)51(9,68-47)66-24-16-36(65-10)32(6)46(67-50(64)58-23-22-57-19-12-15-35(57)27-58)33(7)43(59)31(5)25-29(3)13-11-14-30(4)49(63)53-42(45(38)61)41(40)55-52/h11,13-14,16,24,28-29,31-33,35-36,43,46,59-61H,12,15,17-23,25-27H2,1-10H3,(H,53,63)/b13-11+,24-16+,30-14-/t29?,31-,32-,33-,35?,36+,43-,46?,51?/m1/s1. The number of nitrogens with one attached hydrogen (secondary N) is 1. The van der Waals surface area contributed by atoms with Crippen molar-refractivity contribution in [3.05, 3.63) is 58.0 Å². The van der Waals surface area contributed by atoms with E-state index in [0.29, 0.717) is 49.9 Å². The van der Waals surface area contributed by atoms with Gasteiger partial charge in [0.05, 0.1) is 34.8 Å². The number of carbonyl (C=O) groups excluding carboxylic acids is 3. The highest BCUT2D eigenvalue weighted by Gasteiger charge is 2.50. The maximum Gasteiger partial charge on any atom is 0.410 e. The van der Waals surface area contributed by atoms with Crippen LogP contribution in [0.1, 0.15) is 103 Å². The Hall–Kier alpha value is -5.03. The zero-order chi connectivity index (χ0) is 49.0. The van der Waals surface area contributed by atoms with E-state index in [-0.39, 0.29) is 61.6 Å². The van der Waals surface area contributed by atoms with Gasteiger partial charge < -0.3 is 49.4 Å². The van der Waals surface area contributed by atoms with Crippen LogP contribution in [0.2, 0.25) is 0 Å². The number of phenolic OH excluding ortho intramolecular Hbond substituents is 2. The Balaban J connectivity index is 1.21. The van der Waals surface area contributed by atoms with Crippen LogP contribution in [0.15, 0.2) is 46.1 Å². The van der Waals surface area contributed by atoms with E-state index in [0.717, 1.165) is 45.6 Å². The van der Waals surface area contributed by atoms with Crippen LogP contribution in [-0.4, -0.2) is 137 Å². The molecule has 16 nitrogen and oxygen atoms in total. The topological polar surface area (TPSA) is 195 Å². The van der Waals surface area contributed by atoms with Crippen molar-refractivity contribution in [3.63, 3.8) is 0 Å². The second-order valence-electron chi connectivity index (χ2n) is 21.0. The van der Waals surface area contributed by atoms with E-state index < -0.39 is 65.1 Å². The summed E-state index contributed by atoms with van der Waals surface area (Å²) in [6, 6.07) is 0.300. The highest BCUT2D eigenvalue weighted by Crippen LogP contribution is 2.50. The molecule has 9 rings (SSSR count). The van der Waals surface area contributed by atoms with E-state index in [9.17, 15) is 29.7 Å². The Bertz CT molecular complexity index is 2530. The Morgan fingerprint density at radius 3 is 2.40 bits per heavy atom. The normalized spacial score (nSPS) is 33.0. The van der Waals surface area contributed by atoms with Crippen molar-refractivity contribution in [1.82, 2.24) is 14.7 Å². The highest BCUT2D eigenvalue weighted by atomic mass is 16.7. The molecule has 7 aliphatic heterocycles. The molecule has 68 heavy (non-hydrogen) atoms. The number of benzene rings is 2. The molecule has 2 aromatic rings. The number of phenols is 2. The summed E-state index contributed by atoms with van der Waals surface area (Å²) in [6.45, 7) is 22.2. The van der Waals surface area contributed by atoms with E-state index in [4.69, 9.17) is 28.9 Å². The van der Waals surface area contributed by atoms with E-state index >= 15 is 0 Å². The van der Waals surface area contributed by atoms with Crippen LogP contribution >= 0.6 is 0 Å². The molecule has 2 aromatic carbocycles. The van der Waals surface area contributed by atoms with Gasteiger partial charge in [-0.1, -0.05) is 59.8 Å².